The van der Waals surface area contributed by atoms with E-state index in [1.807, 2.05) is 12.3 Å². The third-order valence-electron chi connectivity index (χ3n) is 5.59. The number of nitrogens with zero attached hydrogens (tertiary/aromatic N) is 1. The van der Waals surface area contributed by atoms with Crippen LogP contribution in [0.5, 0.6) is 0 Å². The van der Waals surface area contributed by atoms with E-state index in [4.69, 9.17) is 0 Å². The first-order valence-corrected chi connectivity index (χ1v) is 7.76. The molecule has 2 aliphatic carbocycles. The third kappa shape index (κ3) is 2.03. The van der Waals surface area contributed by atoms with E-state index < -0.39 is 5.97 Å². The van der Waals surface area contributed by atoms with E-state index >= 15 is 0 Å². The summed E-state index contributed by atoms with van der Waals surface area (Å²) in [5.41, 5.74) is 2.58. The Hall–Kier alpha value is -1.90. The van der Waals surface area contributed by atoms with Gasteiger partial charge in [0, 0.05) is 11.6 Å². The molecular formula is C18H19NO2. The van der Waals surface area contributed by atoms with Crippen molar-refractivity contribution in [2.45, 2.75) is 38.0 Å². The number of rotatable bonds is 2. The van der Waals surface area contributed by atoms with Gasteiger partial charge in [-0.2, -0.15) is 0 Å². The maximum Gasteiger partial charge on any atom is 0.307 e. The molecule has 21 heavy (non-hydrogen) atoms. The molecule has 0 amide bonds. The van der Waals surface area contributed by atoms with Gasteiger partial charge in [-0.3, -0.25) is 9.78 Å². The van der Waals surface area contributed by atoms with Crippen molar-refractivity contribution >= 4 is 16.9 Å². The summed E-state index contributed by atoms with van der Waals surface area (Å²) in [6.07, 6.45) is 7.14. The van der Waals surface area contributed by atoms with E-state index in [1.165, 1.54) is 10.9 Å². The highest BCUT2D eigenvalue weighted by Gasteiger charge is 2.58. The van der Waals surface area contributed by atoms with Crippen LogP contribution in [0, 0.1) is 11.3 Å². The van der Waals surface area contributed by atoms with Gasteiger partial charge in [-0.1, -0.05) is 18.2 Å². The summed E-state index contributed by atoms with van der Waals surface area (Å²) < 4.78 is 0. The Morgan fingerprint density at radius 2 is 1.95 bits per heavy atom. The molecule has 1 aromatic carbocycles. The SMILES string of the molecule is O=C(O)[C@@H]1C[C@]12CC[C@H](c1ccnc3ccccc31)CC2. The Balaban J connectivity index is 1.57. The van der Waals surface area contributed by atoms with Crippen LogP contribution in [-0.2, 0) is 4.79 Å². The fraction of sp³-hybridized carbons (Fsp3) is 0.444. The number of aromatic nitrogens is 1. The molecule has 2 saturated carbocycles. The Morgan fingerprint density at radius 3 is 2.67 bits per heavy atom. The van der Waals surface area contributed by atoms with Crippen molar-refractivity contribution < 1.29 is 9.90 Å². The lowest BCUT2D eigenvalue weighted by Gasteiger charge is -2.30. The van der Waals surface area contributed by atoms with Gasteiger partial charge < -0.3 is 5.11 Å². The minimum Gasteiger partial charge on any atom is -0.481 e. The molecule has 4 rings (SSSR count). The van der Waals surface area contributed by atoms with Crippen LogP contribution in [0.25, 0.3) is 10.9 Å². The van der Waals surface area contributed by atoms with Gasteiger partial charge in [0.05, 0.1) is 11.4 Å². The Morgan fingerprint density at radius 1 is 1.19 bits per heavy atom. The van der Waals surface area contributed by atoms with Gasteiger partial charge in [0.15, 0.2) is 0 Å². The van der Waals surface area contributed by atoms with E-state index in [-0.39, 0.29) is 11.3 Å². The molecule has 0 bridgehead atoms. The molecular weight excluding hydrogens is 262 g/mol. The van der Waals surface area contributed by atoms with Gasteiger partial charge in [-0.25, -0.2) is 0 Å². The van der Waals surface area contributed by atoms with Crippen molar-refractivity contribution in [2.75, 3.05) is 0 Å². The zero-order valence-electron chi connectivity index (χ0n) is 12.0. The van der Waals surface area contributed by atoms with Gasteiger partial charge in [0.1, 0.15) is 0 Å². The lowest BCUT2D eigenvalue weighted by molar-refractivity contribution is -0.139. The minimum atomic E-state index is -0.595. The van der Waals surface area contributed by atoms with Crippen molar-refractivity contribution in [3.05, 3.63) is 42.1 Å². The second kappa shape index (κ2) is 4.55. The predicted molar refractivity (Wildman–Crippen MR) is 81.1 cm³/mol. The number of hydrogen-bond donors (Lipinski definition) is 1. The first-order chi connectivity index (χ1) is 10.2. The van der Waals surface area contributed by atoms with Gasteiger partial charge in [-0.05, 0) is 61.1 Å². The summed E-state index contributed by atoms with van der Waals surface area (Å²) in [5, 5.41) is 10.4. The molecule has 0 aliphatic heterocycles. The summed E-state index contributed by atoms with van der Waals surface area (Å²) in [6, 6.07) is 10.5. The van der Waals surface area contributed by atoms with Gasteiger partial charge in [-0.15, -0.1) is 0 Å². The molecule has 3 heteroatoms. The normalized spacial score (nSPS) is 31.4. The van der Waals surface area contributed by atoms with Crippen molar-refractivity contribution in [3.63, 3.8) is 0 Å². The predicted octanol–water partition coefficient (Wildman–Crippen LogP) is 3.98. The molecule has 2 aliphatic rings. The summed E-state index contributed by atoms with van der Waals surface area (Å²) in [7, 11) is 0. The third-order valence-corrected chi connectivity index (χ3v) is 5.59. The van der Waals surface area contributed by atoms with Gasteiger partial charge in [0.25, 0.3) is 0 Å². The van der Waals surface area contributed by atoms with Crippen molar-refractivity contribution in [1.82, 2.24) is 4.98 Å². The van der Waals surface area contributed by atoms with Crippen LogP contribution < -0.4 is 0 Å². The van der Waals surface area contributed by atoms with E-state index in [9.17, 15) is 9.90 Å². The number of benzene rings is 1. The molecule has 0 saturated heterocycles. The van der Waals surface area contributed by atoms with Gasteiger partial charge >= 0.3 is 5.97 Å². The average Bonchev–Trinajstić information content (AvgIpc) is 3.22. The first kappa shape index (κ1) is 12.8. The highest BCUT2D eigenvalue weighted by molar-refractivity contribution is 5.82. The summed E-state index contributed by atoms with van der Waals surface area (Å²) in [6.45, 7) is 0. The molecule has 0 radical (unpaired) electrons. The summed E-state index contributed by atoms with van der Waals surface area (Å²) >= 11 is 0. The van der Waals surface area contributed by atoms with Crippen LogP contribution in [-0.4, -0.2) is 16.1 Å². The fourth-order valence-electron chi connectivity index (χ4n) is 4.23. The largest absolute Gasteiger partial charge is 0.481 e. The highest BCUT2D eigenvalue weighted by Crippen LogP contribution is 2.63. The molecule has 0 unspecified atom stereocenters. The standard InChI is InChI=1S/C18H19NO2/c20-17(21)15-11-18(15)8-5-12(6-9-18)13-7-10-19-16-4-2-1-3-14(13)16/h1-4,7,10,12,15H,5-6,8-9,11H2,(H,20,21)/t12-,15-,18+/m0/s1. The molecule has 1 spiro atoms. The maximum absolute atomic E-state index is 11.2. The summed E-state index contributed by atoms with van der Waals surface area (Å²) in [4.78, 5) is 15.6. The number of pyridine rings is 1. The number of para-hydroxylation sites is 1. The second-order valence-corrected chi connectivity index (χ2v) is 6.65. The number of carboxylic acids is 1. The summed E-state index contributed by atoms with van der Waals surface area (Å²) in [5.74, 6) is -0.117. The lowest BCUT2D eigenvalue weighted by atomic mass is 9.75. The average molecular weight is 281 g/mol. The number of hydrogen-bond acceptors (Lipinski definition) is 2. The van der Waals surface area contributed by atoms with Crippen molar-refractivity contribution in [3.8, 4) is 0 Å². The maximum atomic E-state index is 11.2. The Bertz CT molecular complexity index is 696. The molecule has 1 heterocycles. The number of aliphatic carboxylic acids is 1. The molecule has 2 fully saturated rings. The van der Waals surface area contributed by atoms with Crippen molar-refractivity contribution in [2.24, 2.45) is 11.3 Å². The second-order valence-electron chi connectivity index (χ2n) is 6.65. The minimum absolute atomic E-state index is 0.0763. The number of carbonyl (C=O) groups is 1. The van der Waals surface area contributed by atoms with E-state index in [0.717, 1.165) is 37.6 Å². The molecule has 1 atom stereocenters. The number of fused-ring (bicyclic) bond motifs is 1. The lowest BCUT2D eigenvalue weighted by Crippen LogP contribution is -2.18. The van der Waals surface area contributed by atoms with Crippen molar-refractivity contribution in [1.29, 1.82) is 0 Å². The van der Waals surface area contributed by atoms with Crippen LogP contribution in [0.15, 0.2) is 36.5 Å². The monoisotopic (exact) mass is 281 g/mol. The molecule has 3 nitrogen and oxygen atoms in total. The van der Waals surface area contributed by atoms with Crippen LogP contribution in [0.4, 0.5) is 0 Å². The van der Waals surface area contributed by atoms with E-state index in [0.29, 0.717) is 5.92 Å². The molecule has 108 valence electrons. The molecule has 1 aromatic heterocycles. The smallest absolute Gasteiger partial charge is 0.307 e. The zero-order valence-corrected chi connectivity index (χ0v) is 12.0. The van der Waals surface area contributed by atoms with Crippen LogP contribution in [0.3, 0.4) is 0 Å². The first-order valence-electron chi connectivity index (χ1n) is 7.76. The van der Waals surface area contributed by atoms with Crippen LogP contribution in [0.1, 0.15) is 43.6 Å². The van der Waals surface area contributed by atoms with Crippen LogP contribution >= 0.6 is 0 Å². The van der Waals surface area contributed by atoms with E-state index in [2.05, 4.69) is 29.2 Å². The van der Waals surface area contributed by atoms with Crippen LogP contribution in [0.2, 0.25) is 0 Å². The number of carboxylic acid groups (broad SMARTS) is 1. The topological polar surface area (TPSA) is 50.2 Å². The highest BCUT2D eigenvalue weighted by atomic mass is 16.4. The Kier molecular flexibility index (Phi) is 2.78. The fourth-order valence-corrected chi connectivity index (χ4v) is 4.23. The quantitative estimate of drug-likeness (QED) is 0.905. The molecule has 2 aromatic rings. The zero-order chi connectivity index (χ0) is 14.4. The Labute approximate surface area is 124 Å². The molecule has 1 N–H and O–H groups in total. The van der Waals surface area contributed by atoms with E-state index in [1.54, 1.807) is 0 Å². The van der Waals surface area contributed by atoms with Gasteiger partial charge in [0.2, 0.25) is 0 Å².